The Hall–Kier alpha value is -2.15. The highest BCUT2D eigenvalue weighted by Gasteiger charge is 2.05. The van der Waals surface area contributed by atoms with Crippen molar-refractivity contribution in [2.24, 2.45) is 5.73 Å². The number of nitrogens with zero attached hydrogens (tertiary/aromatic N) is 2. The highest BCUT2D eigenvalue weighted by atomic mass is 16.2. The minimum absolute atomic E-state index is 0.118. The van der Waals surface area contributed by atoms with Gasteiger partial charge in [-0.25, -0.2) is 4.98 Å². The quantitative estimate of drug-likeness (QED) is 0.633. The van der Waals surface area contributed by atoms with E-state index in [9.17, 15) is 9.59 Å². The predicted molar refractivity (Wildman–Crippen MR) is 69.3 cm³/mol. The minimum atomic E-state index is -0.374. The summed E-state index contributed by atoms with van der Waals surface area (Å²) in [5, 5.41) is 4.93. The maximum atomic E-state index is 11.4. The molecule has 0 saturated carbocycles. The van der Waals surface area contributed by atoms with Crippen LogP contribution in [0.4, 0.5) is 11.5 Å². The highest BCUT2D eigenvalue weighted by Crippen LogP contribution is 2.11. The molecule has 7 heteroatoms. The number of hydrogen-bond acceptors (Lipinski definition) is 5. The van der Waals surface area contributed by atoms with E-state index >= 15 is 0 Å². The van der Waals surface area contributed by atoms with E-state index in [0.717, 1.165) is 5.69 Å². The van der Waals surface area contributed by atoms with Crippen molar-refractivity contribution >= 4 is 23.3 Å². The van der Waals surface area contributed by atoms with E-state index in [1.54, 1.807) is 12.3 Å². The Morgan fingerprint density at radius 3 is 2.56 bits per heavy atom. The SMILES string of the molecule is CN(C)c1ccc(NC(=O)CNC(=O)CN)nc1. The van der Waals surface area contributed by atoms with E-state index < -0.39 is 0 Å². The van der Waals surface area contributed by atoms with Crippen molar-refractivity contribution in [2.75, 3.05) is 37.4 Å². The second-order valence-electron chi connectivity index (χ2n) is 3.83. The Kier molecular flexibility index (Phi) is 5.06. The van der Waals surface area contributed by atoms with Gasteiger partial charge >= 0.3 is 0 Å². The number of hydrogen-bond donors (Lipinski definition) is 3. The van der Waals surface area contributed by atoms with Crippen LogP contribution >= 0.6 is 0 Å². The molecule has 0 unspecified atom stereocenters. The average Bonchev–Trinajstić information content (AvgIpc) is 2.36. The summed E-state index contributed by atoms with van der Waals surface area (Å²) in [5.74, 6) is -0.282. The van der Waals surface area contributed by atoms with Gasteiger partial charge in [-0.1, -0.05) is 0 Å². The fraction of sp³-hybridized carbons (Fsp3) is 0.364. The molecule has 7 nitrogen and oxygen atoms in total. The van der Waals surface area contributed by atoms with Crippen LogP contribution in [0.25, 0.3) is 0 Å². The van der Waals surface area contributed by atoms with E-state index in [1.165, 1.54) is 0 Å². The summed E-state index contributed by atoms with van der Waals surface area (Å²) in [4.78, 5) is 28.3. The molecular formula is C11H17N5O2. The first kappa shape index (κ1) is 13.9. The zero-order valence-corrected chi connectivity index (χ0v) is 10.4. The van der Waals surface area contributed by atoms with Crippen molar-refractivity contribution in [3.8, 4) is 0 Å². The van der Waals surface area contributed by atoms with Gasteiger partial charge < -0.3 is 21.3 Å². The summed E-state index contributed by atoms with van der Waals surface area (Å²) in [6.45, 7) is -0.254. The van der Waals surface area contributed by atoms with Crippen LogP contribution in [0.2, 0.25) is 0 Å². The topological polar surface area (TPSA) is 100 Å². The summed E-state index contributed by atoms with van der Waals surface area (Å²) in [7, 11) is 3.80. The standard InChI is InChI=1S/C11H17N5O2/c1-16(2)8-3-4-9(13-6-8)15-11(18)7-14-10(17)5-12/h3-4,6H,5,7,12H2,1-2H3,(H,14,17)(H,13,15,18). The molecule has 0 bridgehead atoms. The molecule has 0 aliphatic rings. The number of aromatic nitrogens is 1. The number of rotatable bonds is 5. The molecule has 0 aromatic carbocycles. The lowest BCUT2D eigenvalue weighted by molar-refractivity contribution is -0.123. The van der Waals surface area contributed by atoms with Gasteiger partial charge in [-0.05, 0) is 12.1 Å². The first-order valence-corrected chi connectivity index (χ1v) is 5.43. The number of nitrogens with two attached hydrogens (primary N) is 1. The third kappa shape index (κ3) is 4.38. The van der Waals surface area contributed by atoms with Crippen LogP contribution in [0.3, 0.4) is 0 Å². The Bertz CT molecular complexity index is 416. The van der Waals surface area contributed by atoms with E-state index in [-0.39, 0.29) is 24.9 Å². The average molecular weight is 251 g/mol. The third-order valence-corrected chi connectivity index (χ3v) is 2.16. The van der Waals surface area contributed by atoms with Gasteiger partial charge in [-0.15, -0.1) is 0 Å². The van der Waals surface area contributed by atoms with Gasteiger partial charge in [-0.2, -0.15) is 0 Å². The van der Waals surface area contributed by atoms with Crippen LogP contribution in [0, 0.1) is 0 Å². The molecule has 2 amide bonds. The first-order chi connectivity index (χ1) is 8.52. The van der Waals surface area contributed by atoms with Crippen LogP contribution in [-0.4, -0.2) is 44.0 Å². The molecule has 0 fully saturated rings. The van der Waals surface area contributed by atoms with Gasteiger partial charge in [0.15, 0.2) is 0 Å². The smallest absolute Gasteiger partial charge is 0.244 e. The Morgan fingerprint density at radius 2 is 2.06 bits per heavy atom. The molecule has 0 spiro atoms. The molecule has 0 aliphatic carbocycles. The molecule has 1 aromatic rings. The van der Waals surface area contributed by atoms with Gasteiger partial charge in [0.1, 0.15) is 5.82 Å². The highest BCUT2D eigenvalue weighted by molar-refractivity contribution is 5.94. The maximum Gasteiger partial charge on any atom is 0.244 e. The number of carbonyl (C=O) groups is 2. The Labute approximate surface area is 105 Å². The summed E-state index contributed by atoms with van der Waals surface area (Å²) < 4.78 is 0. The maximum absolute atomic E-state index is 11.4. The number of nitrogens with one attached hydrogen (secondary N) is 2. The minimum Gasteiger partial charge on any atom is -0.376 e. The number of pyridine rings is 1. The molecule has 0 atom stereocenters. The number of anilines is 2. The summed E-state index contributed by atoms with van der Waals surface area (Å²) in [5.41, 5.74) is 6.03. The van der Waals surface area contributed by atoms with Crippen LogP contribution in [-0.2, 0) is 9.59 Å². The van der Waals surface area contributed by atoms with Crippen LogP contribution in [0.5, 0.6) is 0 Å². The molecule has 0 saturated heterocycles. The first-order valence-electron chi connectivity index (χ1n) is 5.43. The van der Waals surface area contributed by atoms with Crippen molar-refractivity contribution in [1.29, 1.82) is 0 Å². The Morgan fingerprint density at radius 1 is 1.33 bits per heavy atom. The molecular weight excluding hydrogens is 234 g/mol. The fourth-order valence-corrected chi connectivity index (χ4v) is 1.16. The van der Waals surface area contributed by atoms with Crippen LogP contribution in [0.1, 0.15) is 0 Å². The van der Waals surface area contributed by atoms with Crippen molar-refractivity contribution in [3.05, 3.63) is 18.3 Å². The molecule has 98 valence electrons. The van der Waals surface area contributed by atoms with Gasteiger partial charge in [-0.3, -0.25) is 9.59 Å². The molecule has 4 N–H and O–H groups in total. The van der Waals surface area contributed by atoms with Crippen molar-refractivity contribution in [3.63, 3.8) is 0 Å². The van der Waals surface area contributed by atoms with Crippen molar-refractivity contribution in [1.82, 2.24) is 10.3 Å². The van der Waals surface area contributed by atoms with Crippen LogP contribution in [0.15, 0.2) is 18.3 Å². The summed E-state index contributed by atoms with van der Waals surface area (Å²) >= 11 is 0. The zero-order valence-electron chi connectivity index (χ0n) is 10.4. The molecule has 1 heterocycles. The Balaban J connectivity index is 2.47. The van der Waals surface area contributed by atoms with Crippen LogP contribution < -0.4 is 21.3 Å². The van der Waals surface area contributed by atoms with Gasteiger partial charge in [0.2, 0.25) is 11.8 Å². The molecule has 1 aromatic heterocycles. The van der Waals surface area contributed by atoms with E-state index in [1.807, 2.05) is 25.1 Å². The van der Waals surface area contributed by atoms with Gasteiger partial charge in [0, 0.05) is 14.1 Å². The van der Waals surface area contributed by atoms with Gasteiger partial charge in [0.25, 0.3) is 0 Å². The van der Waals surface area contributed by atoms with Crippen molar-refractivity contribution in [2.45, 2.75) is 0 Å². The molecule has 1 rings (SSSR count). The van der Waals surface area contributed by atoms with E-state index in [2.05, 4.69) is 15.6 Å². The summed E-state index contributed by atoms with van der Waals surface area (Å²) in [6, 6.07) is 3.53. The zero-order chi connectivity index (χ0) is 13.5. The molecule has 0 aliphatic heterocycles. The van der Waals surface area contributed by atoms with Crippen molar-refractivity contribution < 1.29 is 9.59 Å². The normalized spacial score (nSPS) is 9.72. The molecule has 18 heavy (non-hydrogen) atoms. The van der Waals surface area contributed by atoms with Gasteiger partial charge in [0.05, 0.1) is 25.0 Å². The number of carbonyl (C=O) groups excluding carboxylic acids is 2. The lowest BCUT2D eigenvalue weighted by Crippen LogP contribution is -2.36. The molecule has 0 radical (unpaired) electrons. The predicted octanol–water partition coefficient (Wildman–Crippen LogP) is -0.839. The monoisotopic (exact) mass is 251 g/mol. The number of amides is 2. The lowest BCUT2D eigenvalue weighted by Gasteiger charge is -2.12. The van der Waals surface area contributed by atoms with E-state index in [4.69, 9.17) is 5.73 Å². The largest absolute Gasteiger partial charge is 0.376 e. The third-order valence-electron chi connectivity index (χ3n) is 2.16. The summed E-state index contributed by atoms with van der Waals surface area (Å²) in [6.07, 6.45) is 1.65. The second-order valence-corrected chi connectivity index (χ2v) is 3.83. The fourth-order valence-electron chi connectivity index (χ4n) is 1.16. The van der Waals surface area contributed by atoms with E-state index in [0.29, 0.717) is 5.82 Å². The lowest BCUT2D eigenvalue weighted by atomic mass is 10.4. The second kappa shape index (κ2) is 6.55.